The fourth-order valence-electron chi connectivity index (χ4n) is 2.99. The number of aryl methyl sites for hydroxylation is 1. The third-order valence-corrected chi connectivity index (χ3v) is 7.04. The molecule has 0 amide bonds. The molecule has 0 saturated heterocycles. The summed E-state index contributed by atoms with van der Waals surface area (Å²) in [7, 11) is -10.0. The van der Waals surface area contributed by atoms with Crippen LogP contribution in [0.1, 0.15) is 11.3 Å². The molecule has 0 N–H and O–H groups in total. The summed E-state index contributed by atoms with van der Waals surface area (Å²) in [6.07, 6.45) is -4.37. The van der Waals surface area contributed by atoms with Gasteiger partial charge in [-0.05, 0) is 42.8 Å². The van der Waals surface area contributed by atoms with Crippen molar-refractivity contribution in [2.75, 3.05) is 6.26 Å². The number of sulfone groups is 1. The van der Waals surface area contributed by atoms with Gasteiger partial charge in [0.05, 0.1) is 16.4 Å². The van der Waals surface area contributed by atoms with Crippen LogP contribution in [-0.4, -0.2) is 38.4 Å². The highest BCUT2D eigenvalue weighted by molar-refractivity contribution is 7.90. The van der Waals surface area contributed by atoms with Crippen molar-refractivity contribution in [3.05, 3.63) is 58.5 Å². The van der Waals surface area contributed by atoms with E-state index in [2.05, 4.69) is 9.28 Å². The van der Waals surface area contributed by atoms with Gasteiger partial charge in [-0.15, -0.1) is 0 Å². The number of nitrogens with zero attached hydrogens (tertiary/aromatic N) is 2. The number of hydrogen-bond acceptors (Lipinski definition) is 6. The van der Waals surface area contributed by atoms with Crippen LogP contribution < -0.4 is 4.18 Å². The van der Waals surface area contributed by atoms with Crippen molar-refractivity contribution in [1.82, 2.24) is 9.78 Å². The monoisotopic (exact) mass is 580 g/mol. The summed E-state index contributed by atoms with van der Waals surface area (Å²) in [5.41, 5.74) is -8.62. The van der Waals surface area contributed by atoms with E-state index >= 15 is 0 Å². The molecule has 1 aromatic heterocycles. The number of aromatic nitrogens is 2. The molecule has 0 unspecified atom stereocenters. The first-order valence-corrected chi connectivity index (χ1v) is 12.9. The average Bonchev–Trinajstić information content (AvgIpc) is 3.05. The van der Waals surface area contributed by atoms with E-state index in [1.54, 1.807) is 0 Å². The molecule has 7 nitrogen and oxygen atoms in total. The SMILES string of the molecule is Cc1cc(-c2c(Cl)c(C(F)(F)F)nn2-c2ccc(S(C)(=O)=O)c(F)c2)ccc1OS(=O)(=O)C(F)(F)F. The lowest BCUT2D eigenvalue weighted by atomic mass is 10.1. The van der Waals surface area contributed by atoms with Crippen LogP contribution >= 0.6 is 11.6 Å². The molecular formula is C19H12ClF7N2O5S2. The Kier molecular flexibility index (Phi) is 6.87. The van der Waals surface area contributed by atoms with Gasteiger partial charge in [0.15, 0.2) is 15.5 Å². The second-order valence-electron chi connectivity index (χ2n) is 7.27. The zero-order valence-electron chi connectivity index (χ0n) is 17.7. The van der Waals surface area contributed by atoms with Gasteiger partial charge in [0, 0.05) is 17.9 Å². The van der Waals surface area contributed by atoms with E-state index in [1.807, 2.05) is 0 Å². The Bertz CT molecular complexity index is 1560. The lowest BCUT2D eigenvalue weighted by molar-refractivity contribution is -0.141. The molecule has 196 valence electrons. The highest BCUT2D eigenvalue weighted by Crippen LogP contribution is 2.42. The van der Waals surface area contributed by atoms with Crippen LogP contribution in [-0.2, 0) is 26.1 Å². The van der Waals surface area contributed by atoms with Crippen molar-refractivity contribution in [3.63, 3.8) is 0 Å². The van der Waals surface area contributed by atoms with Crippen LogP contribution in [0.3, 0.4) is 0 Å². The summed E-state index contributed by atoms with van der Waals surface area (Å²) >= 11 is 5.93. The van der Waals surface area contributed by atoms with Gasteiger partial charge in [-0.1, -0.05) is 11.6 Å². The molecule has 0 aliphatic rings. The fraction of sp³-hybridized carbons (Fsp3) is 0.211. The van der Waals surface area contributed by atoms with Crippen LogP contribution in [0.5, 0.6) is 5.75 Å². The third-order valence-electron chi connectivity index (χ3n) is 4.59. The van der Waals surface area contributed by atoms with Crippen LogP contribution in [0.25, 0.3) is 16.9 Å². The van der Waals surface area contributed by atoms with Gasteiger partial charge in [0.2, 0.25) is 0 Å². The molecule has 3 aromatic rings. The second-order valence-corrected chi connectivity index (χ2v) is 11.2. The Morgan fingerprint density at radius 3 is 2.06 bits per heavy atom. The maximum Gasteiger partial charge on any atom is 0.534 e. The normalized spacial score (nSPS) is 13.2. The molecule has 3 rings (SSSR count). The number of benzene rings is 2. The van der Waals surface area contributed by atoms with E-state index in [-0.39, 0.29) is 16.8 Å². The van der Waals surface area contributed by atoms with Crippen molar-refractivity contribution in [3.8, 4) is 22.7 Å². The summed E-state index contributed by atoms with van der Waals surface area (Å²) in [5, 5.41) is 2.41. The number of hydrogen-bond donors (Lipinski definition) is 0. The summed E-state index contributed by atoms with van der Waals surface area (Å²) in [6, 6.07) is 5.01. The number of rotatable bonds is 5. The smallest absolute Gasteiger partial charge is 0.376 e. The van der Waals surface area contributed by atoms with Gasteiger partial charge in [0.25, 0.3) is 0 Å². The van der Waals surface area contributed by atoms with Crippen molar-refractivity contribution in [2.45, 2.75) is 23.5 Å². The van der Waals surface area contributed by atoms with E-state index in [0.29, 0.717) is 17.0 Å². The molecule has 2 aromatic carbocycles. The van der Waals surface area contributed by atoms with E-state index in [0.717, 1.165) is 37.3 Å². The van der Waals surface area contributed by atoms with Crippen LogP contribution in [0.4, 0.5) is 30.7 Å². The molecule has 0 saturated carbocycles. The van der Waals surface area contributed by atoms with Crippen molar-refractivity contribution in [2.24, 2.45) is 0 Å². The largest absolute Gasteiger partial charge is 0.534 e. The molecule has 0 atom stereocenters. The Morgan fingerprint density at radius 1 is 0.972 bits per heavy atom. The Labute approximate surface area is 204 Å². The van der Waals surface area contributed by atoms with Crippen LogP contribution in [0.2, 0.25) is 5.02 Å². The maximum atomic E-state index is 14.4. The second kappa shape index (κ2) is 8.92. The van der Waals surface area contributed by atoms with Crippen molar-refractivity contribution < 1.29 is 51.8 Å². The van der Waals surface area contributed by atoms with Crippen molar-refractivity contribution >= 4 is 31.6 Å². The summed E-state index contributed by atoms with van der Waals surface area (Å²) in [5.74, 6) is -2.06. The topological polar surface area (TPSA) is 95.3 Å². The lowest BCUT2D eigenvalue weighted by Gasteiger charge is -2.13. The zero-order chi connectivity index (χ0) is 27.4. The lowest BCUT2D eigenvalue weighted by Crippen LogP contribution is -2.28. The zero-order valence-corrected chi connectivity index (χ0v) is 20.1. The molecule has 0 aliphatic heterocycles. The summed E-state index contributed by atoms with van der Waals surface area (Å²) in [4.78, 5) is -0.731. The first kappa shape index (κ1) is 27.7. The van der Waals surface area contributed by atoms with E-state index in [9.17, 15) is 47.6 Å². The first-order valence-electron chi connectivity index (χ1n) is 9.21. The fourth-order valence-corrected chi connectivity index (χ4v) is 4.57. The quantitative estimate of drug-likeness (QED) is 0.231. The maximum absolute atomic E-state index is 14.4. The van der Waals surface area contributed by atoms with Crippen LogP contribution in [0, 0.1) is 12.7 Å². The minimum Gasteiger partial charge on any atom is -0.376 e. The van der Waals surface area contributed by atoms with Gasteiger partial charge in [0.1, 0.15) is 16.5 Å². The Morgan fingerprint density at radius 2 is 1.58 bits per heavy atom. The Hall–Kier alpha value is -2.85. The molecule has 17 heteroatoms. The molecule has 36 heavy (non-hydrogen) atoms. The molecule has 1 heterocycles. The highest BCUT2D eigenvalue weighted by atomic mass is 35.5. The summed E-state index contributed by atoms with van der Waals surface area (Å²) in [6.45, 7) is 1.12. The molecule has 0 fully saturated rings. The van der Waals surface area contributed by atoms with E-state index < -0.39 is 64.5 Å². The standard InChI is InChI=1S/C19H12ClF7N2O5S2/c1-9-7-10(3-5-13(9)34-36(32,33)19(25,26)27)16-15(20)17(18(22,23)24)28-29(16)11-4-6-14(12(21)8-11)35(2,30)31/h3-8H,1-2H3. The van der Waals surface area contributed by atoms with Gasteiger partial charge in [-0.3, -0.25) is 0 Å². The van der Waals surface area contributed by atoms with E-state index in [4.69, 9.17) is 11.6 Å². The van der Waals surface area contributed by atoms with Gasteiger partial charge < -0.3 is 4.18 Å². The first-order chi connectivity index (χ1) is 16.2. The molecule has 0 radical (unpaired) electrons. The minimum absolute atomic E-state index is 0.190. The predicted octanol–water partition coefficient (Wildman–Crippen LogP) is 5.29. The van der Waals surface area contributed by atoms with Gasteiger partial charge in [-0.2, -0.15) is 39.9 Å². The number of halogens is 8. The van der Waals surface area contributed by atoms with Gasteiger partial charge in [-0.25, -0.2) is 17.5 Å². The third kappa shape index (κ3) is 5.29. The van der Waals surface area contributed by atoms with Gasteiger partial charge >= 0.3 is 21.8 Å². The highest BCUT2D eigenvalue weighted by Gasteiger charge is 2.48. The van der Waals surface area contributed by atoms with Crippen LogP contribution in [0.15, 0.2) is 41.3 Å². The average molecular weight is 581 g/mol. The molecule has 0 aliphatic carbocycles. The molecule has 0 bridgehead atoms. The van der Waals surface area contributed by atoms with Crippen molar-refractivity contribution in [1.29, 1.82) is 0 Å². The predicted molar refractivity (Wildman–Crippen MR) is 112 cm³/mol. The van der Waals surface area contributed by atoms with E-state index in [1.165, 1.54) is 0 Å². The Balaban J connectivity index is 2.22. The summed E-state index contributed by atoms with van der Waals surface area (Å²) < 4.78 is 143. The molecular weight excluding hydrogens is 569 g/mol. The number of alkyl halides is 6. The molecule has 0 spiro atoms. The minimum atomic E-state index is -6.03.